The van der Waals surface area contributed by atoms with Gasteiger partial charge in [-0.05, 0) is 42.7 Å². The first-order valence-electron chi connectivity index (χ1n) is 6.10. The fraction of sp³-hybridized carbons (Fsp3) is 0.200. The van der Waals surface area contributed by atoms with Crippen LogP contribution in [0.2, 0.25) is 0 Å². The first-order valence-corrected chi connectivity index (χ1v) is 6.89. The molecule has 2 aromatic rings. The van der Waals surface area contributed by atoms with Crippen molar-refractivity contribution in [1.82, 2.24) is 10.3 Å². The maximum atomic E-state index is 12.0. The van der Waals surface area contributed by atoms with E-state index in [1.54, 1.807) is 6.20 Å². The van der Waals surface area contributed by atoms with E-state index in [1.807, 2.05) is 43.5 Å². The molecule has 1 heterocycles. The van der Waals surface area contributed by atoms with Gasteiger partial charge in [-0.3, -0.25) is 9.78 Å². The molecule has 0 aliphatic carbocycles. The fourth-order valence-corrected chi connectivity index (χ4v) is 2.08. The van der Waals surface area contributed by atoms with Crippen molar-refractivity contribution in [2.45, 2.75) is 13.3 Å². The molecule has 0 aliphatic heterocycles. The lowest BCUT2D eigenvalue weighted by Crippen LogP contribution is -2.25. The normalized spacial score (nSPS) is 10.2. The second-order valence-electron chi connectivity index (χ2n) is 4.33. The summed E-state index contributed by atoms with van der Waals surface area (Å²) < 4.78 is 0.951. The second kappa shape index (κ2) is 6.48. The summed E-state index contributed by atoms with van der Waals surface area (Å²) in [6.45, 7) is 2.60. The maximum absolute atomic E-state index is 12.0. The van der Waals surface area contributed by atoms with E-state index >= 15 is 0 Å². The zero-order valence-electron chi connectivity index (χ0n) is 10.7. The molecule has 1 aromatic heterocycles. The number of pyridine rings is 1. The van der Waals surface area contributed by atoms with Gasteiger partial charge in [0, 0.05) is 29.0 Å². The third kappa shape index (κ3) is 3.89. The van der Waals surface area contributed by atoms with Crippen molar-refractivity contribution in [3.8, 4) is 0 Å². The van der Waals surface area contributed by atoms with Crippen LogP contribution in [0.4, 0.5) is 0 Å². The summed E-state index contributed by atoms with van der Waals surface area (Å²) in [5.74, 6) is -0.0513. The number of rotatable bonds is 4. The van der Waals surface area contributed by atoms with Crippen LogP contribution in [-0.4, -0.2) is 17.4 Å². The molecule has 19 heavy (non-hydrogen) atoms. The highest BCUT2D eigenvalue weighted by atomic mass is 79.9. The summed E-state index contributed by atoms with van der Waals surface area (Å²) in [4.78, 5) is 16.0. The minimum atomic E-state index is -0.0513. The summed E-state index contributed by atoms with van der Waals surface area (Å²) >= 11 is 3.43. The molecule has 2 rings (SSSR count). The minimum absolute atomic E-state index is 0.0513. The molecule has 3 nitrogen and oxygen atoms in total. The van der Waals surface area contributed by atoms with Crippen LogP contribution in [0.15, 0.2) is 47.2 Å². The number of nitrogens with one attached hydrogen (secondary N) is 1. The lowest BCUT2D eigenvalue weighted by atomic mass is 10.1. The van der Waals surface area contributed by atoms with Crippen LogP contribution in [-0.2, 0) is 6.42 Å². The number of aromatic nitrogens is 1. The summed E-state index contributed by atoms with van der Waals surface area (Å²) in [6, 6.07) is 9.50. The van der Waals surface area contributed by atoms with E-state index in [2.05, 4.69) is 26.2 Å². The van der Waals surface area contributed by atoms with E-state index in [4.69, 9.17) is 0 Å². The molecular weight excluding hydrogens is 304 g/mol. The number of benzene rings is 1. The third-order valence-corrected chi connectivity index (χ3v) is 3.71. The fourth-order valence-electron chi connectivity index (χ4n) is 1.70. The zero-order valence-corrected chi connectivity index (χ0v) is 12.3. The van der Waals surface area contributed by atoms with E-state index in [0.717, 1.165) is 22.0 Å². The molecule has 0 aliphatic rings. The summed E-state index contributed by atoms with van der Waals surface area (Å²) in [5.41, 5.74) is 2.91. The molecule has 0 spiro atoms. The van der Waals surface area contributed by atoms with E-state index < -0.39 is 0 Å². The highest BCUT2D eigenvalue weighted by Gasteiger charge is 2.06. The number of halogens is 1. The van der Waals surface area contributed by atoms with Crippen molar-refractivity contribution < 1.29 is 4.79 Å². The predicted octanol–water partition coefficient (Wildman–Crippen LogP) is 3.13. The van der Waals surface area contributed by atoms with Gasteiger partial charge in [-0.2, -0.15) is 0 Å². The average molecular weight is 319 g/mol. The Hall–Kier alpha value is -1.68. The van der Waals surface area contributed by atoms with Crippen LogP contribution in [0.5, 0.6) is 0 Å². The van der Waals surface area contributed by atoms with Gasteiger partial charge in [0.25, 0.3) is 5.91 Å². The molecule has 0 radical (unpaired) electrons. The predicted molar refractivity (Wildman–Crippen MR) is 79.2 cm³/mol. The van der Waals surface area contributed by atoms with Crippen molar-refractivity contribution in [2.75, 3.05) is 6.54 Å². The Morgan fingerprint density at radius 3 is 2.89 bits per heavy atom. The number of hydrogen-bond donors (Lipinski definition) is 1. The topological polar surface area (TPSA) is 42.0 Å². The lowest BCUT2D eigenvalue weighted by Gasteiger charge is -2.06. The molecule has 4 heteroatoms. The van der Waals surface area contributed by atoms with Crippen LogP contribution in [0, 0.1) is 6.92 Å². The van der Waals surface area contributed by atoms with Gasteiger partial charge in [0.05, 0.1) is 0 Å². The van der Waals surface area contributed by atoms with E-state index in [0.29, 0.717) is 12.1 Å². The van der Waals surface area contributed by atoms with E-state index in [-0.39, 0.29) is 5.91 Å². The van der Waals surface area contributed by atoms with Gasteiger partial charge in [-0.1, -0.05) is 28.1 Å². The van der Waals surface area contributed by atoms with Gasteiger partial charge in [0.1, 0.15) is 0 Å². The van der Waals surface area contributed by atoms with E-state index in [9.17, 15) is 4.79 Å². The lowest BCUT2D eigenvalue weighted by molar-refractivity contribution is 0.0954. The average Bonchev–Trinajstić information content (AvgIpc) is 2.43. The molecule has 0 saturated heterocycles. The Bertz CT molecular complexity index is 570. The molecule has 1 N–H and O–H groups in total. The minimum Gasteiger partial charge on any atom is -0.352 e. The van der Waals surface area contributed by atoms with Gasteiger partial charge in [0.2, 0.25) is 0 Å². The third-order valence-electron chi connectivity index (χ3n) is 2.86. The standard InChI is InChI=1S/C15H15BrN2O/c1-11-4-5-13(9-14(11)16)15(19)18-8-6-12-3-2-7-17-10-12/h2-5,7,9-10H,6,8H2,1H3,(H,18,19). The van der Waals surface area contributed by atoms with Gasteiger partial charge in [-0.15, -0.1) is 0 Å². The molecule has 0 fully saturated rings. The van der Waals surface area contributed by atoms with Gasteiger partial charge < -0.3 is 5.32 Å². The van der Waals surface area contributed by atoms with Gasteiger partial charge >= 0.3 is 0 Å². The Kier molecular flexibility index (Phi) is 4.68. The highest BCUT2D eigenvalue weighted by Crippen LogP contribution is 2.17. The Balaban J connectivity index is 1.89. The first kappa shape index (κ1) is 13.7. The Morgan fingerprint density at radius 1 is 1.37 bits per heavy atom. The highest BCUT2D eigenvalue weighted by molar-refractivity contribution is 9.10. The number of hydrogen-bond acceptors (Lipinski definition) is 2. The number of carbonyl (C=O) groups excluding carboxylic acids is 1. The van der Waals surface area contributed by atoms with Gasteiger partial charge in [0.15, 0.2) is 0 Å². The smallest absolute Gasteiger partial charge is 0.251 e. The van der Waals surface area contributed by atoms with Crippen molar-refractivity contribution in [2.24, 2.45) is 0 Å². The largest absolute Gasteiger partial charge is 0.352 e. The number of amides is 1. The molecule has 0 unspecified atom stereocenters. The van der Waals surface area contributed by atoms with Gasteiger partial charge in [-0.25, -0.2) is 0 Å². The van der Waals surface area contributed by atoms with Crippen LogP contribution in [0.25, 0.3) is 0 Å². The van der Waals surface area contributed by atoms with Crippen LogP contribution < -0.4 is 5.32 Å². The molecule has 1 aromatic carbocycles. The second-order valence-corrected chi connectivity index (χ2v) is 5.19. The Labute approximate surface area is 121 Å². The molecular formula is C15H15BrN2O. The zero-order chi connectivity index (χ0) is 13.7. The number of aryl methyl sites for hydroxylation is 1. The van der Waals surface area contributed by atoms with Crippen molar-refractivity contribution >= 4 is 21.8 Å². The SMILES string of the molecule is Cc1ccc(C(=O)NCCc2cccnc2)cc1Br. The molecule has 1 amide bonds. The molecule has 0 saturated carbocycles. The van der Waals surface area contributed by atoms with Crippen LogP contribution in [0.3, 0.4) is 0 Å². The van der Waals surface area contributed by atoms with Crippen LogP contribution in [0.1, 0.15) is 21.5 Å². The summed E-state index contributed by atoms with van der Waals surface area (Å²) in [6.07, 6.45) is 4.34. The first-order chi connectivity index (χ1) is 9.16. The number of nitrogens with zero attached hydrogens (tertiary/aromatic N) is 1. The summed E-state index contributed by atoms with van der Waals surface area (Å²) in [5, 5.41) is 2.91. The molecule has 0 atom stereocenters. The molecule has 0 bridgehead atoms. The van der Waals surface area contributed by atoms with Crippen molar-refractivity contribution in [3.05, 3.63) is 63.9 Å². The maximum Gasteiger partial charge on any atom is 0.251 e. The van der Waals surface area contributed by atoms with Crippen molar-refractivity contribution in [3.63, 3.8) is 0 Å². The van der Waals surface area contributed by atoms with Crippen molar-refractivity contribution in [1.29, 1.82) is 0 Å². The van der Waals surface area contributed by atoms with Crippen LogP contribution >= 0.6 is 15.9 Å². The van der Waals surface area contributed by atoms with E-state index in [1.165, 1.54) is 0 Å². The summed E-state index contributed by atoms with van der Waals surface area (Å²) in [7, 11) is 0. The number of carbonyl (C=O) groups is 1. The monoisotopic (exact) mass is 318 g/mol. The molecule has 98 valence electrons. The quantitative estimate of drug-likeness (QED) is 0.941. The Morgan fingerprint density at radius 2 is 2.21 bits per heavy atom.